The molecule has 3 heterocycles. The standard InChI is InChI=1S/C22H29N7O2/c23-16-14-17(24)20(31-13-12-30)15-18(16)26-21-19-6-2-5-10-29(19)27-22(21)25-7-11-28-8-3-1-4-9-28/h2,5-6,10,14-15,24,30H,1,3-4,7-9,11-13,23H2,(H,25,27)/b24-17?,26-18+. The first-order valence-electron chi connectivity index (χ1n) is 10.7. The van der Waals surface area contributed by atoms with Crippen LogP contribution in [0.25, 0.3) is 5.52 Å². The summed E-state index contributed by atoms with van der Waals surface area (Å²) in [6, 6.07) is 5.82. The van der Waals surface area contributed by atoms with E-state index < -0.39 is 0 Å². The number of anilines is 1. The van der Waals surface area contributed by atoms with E-state index >= 15 is 0 Å². The summed E-state index contributed by atoms with van der Waals surface area (Å²) in [6.07, 6.45) is 8.89. The number of aromatic nitrogens is 2. The van der Waals surface area contributed by atoms with Crippen LogP contribution in [0.5, 0.6) is 0 Å². The monoisotopic (exact) mass is 423 g/mol. The first kappa shape index (κ1) is 21.1. The summed E-state index contributed by atoms with van der Waals surface area (Å²) in [6.45, 7) is 4.01. The summed E-state index contributed by atoms with van der Waals surface area (Å²) in [7, 11) is 0. The maximum absolute atomic E-state index is 9.02. The van der Waals surface area contributed by atoms with Crippen LogP contribution in [0, 0.1) is 5.41 Å². The molecule has 1 aliphatic carbocycles. The van der Waals surface area contributed by atoms with Crippen LogP contribution in [0.3, 0.4) is 0 Å². The van der Waals surface area contributed by atoms with Gasteiger partial charge in [0.25, 0.3) is 0 Å². The van der Waals surface area contributed by atoms with Crippen LogP contribution < -0.4 is 11.1 Å². The van der Waals surface area contributed by atoms with Gasteiger partial charge >= 0.3 is 0 Å². The Morgan fingerprint density at radius 1 is 1.23 bits per heavy atom. The number of allylic oxidation sites excluding steroid dienone is 2. The number of piperidine rings is 1. The van der Waals surface area contributed by atoms with Crippen LogP contribution in [-0.2, 0) is 4.74 Å². The lowest BCUT2D eigenvalue weighted by Crippen LogP contribution is -2.33. The minimum Gasteiger partial charge on any atom is -0.489 e. The number of aliphatic hydroxyl groups excluding tert-OH is 1. The predicted octanol–water partition coefficient (Wildman–Crippen LogP) is 2.07. The molecule has 164 valence electrons. The number of fused-ring (bicyclic) bond motifs is 1. The Bertz CT molecular complexity index is 1030. The molecule has 0 spiro atoms. The van der Waals surface area contributed by atoms with Crippen LogP contribution in [0.2, 0.25) is 0 Å². The number of ether oxygens (including phenoxy) is 1. The van der Waals surface area contributed by atoms with Crippen molar-refractivity contribution >= 4 is 28.4 Å². The zero-order valence-electron chi connectivity index (χ0n) is 17.5. The zero-order chi connectivity index (χ0) is 21.6. The van der Waals surface area contributed by atoms with Gasteiger partial charge in [0.1, 0.15) is 18.1 Å². The number of nitrogens with one attached hydrogen (secondary N) is 2. The van der Waals surface area contributed by atoms with E-state index in [0.717, 1.165) is 31.7 Å². The summed E-state index contributed by atoms with van der Waals surface area (Å²) in [5, 5.41) is 25.2. The maximum Gasteiger partial charge on any atom is 0.175 e. The highest BCUT2D eigenvalue weighted by Gasteiger charge is 2.19. The highest BCUT2D eigenvalue weighted by molar-refractivity contribution is 6.22. The van der Waals surface area contributed by atoms with Gasteiger partial charge in [-0.2, -0.15) is 0 Å². The van der Waals surface area contributed by atoms with Gasteiger partial charge in [0.15, 0.2) is 5.82 Å². The molecule has 0 bridgehead atoms. The number of hydrogen-bond donors (Lipinski definition) is 4. The van der Waals surface area contributed by atoms with Crippen LogP contribution >= 0.6 is 0 Å². The number of rotatable bonds is 8. The van der Waals surface area contributed by atoms with Gasteiger partial charge in [0, 0.05) is 25.4 Å². The maximum atomic E-state index is 9.02. The van der Waals surface area contributed by atoms with E-state index in [4.69, 9.17) is 26.0 Å². The first-order chi connectivity index (χ1) is 15.2. The van der Waals surface area contributed by atoms with Gasteiger partial charge in [-0.25, -0.2) is 9.51 Å². The molecule has 1 fully saturated rings. The third-order valence-corrected chi connectivity index (χ3v) is 5.39. The minimum atomic E-state index is -0.130. The van der Waals surface area contributed by atoms with E-state index in [9.17, 15) is 0 Å². The molecular formula is C22H29N7O2. The van der Waals surface area contributed by atoms with Gasteiger partial charge in [-0.3, -0.25) is 5.41 Å². The number of hydrogen-bond acceptors (Lipinski definition) is 8. The second kappa shape index (κ2) is 9.76. The van der Waals surface area contributed by atoms with Crippen LogP contribution in [0.15, 0.2) is 53.0 Å². The Kier molecular flexibility index (Phi) is 6.63. The van der Waals surface area contributed by atoms with Crippen molar-refractivity contribution in [2.75, 3.05) is 44.7 Å². The van der Waals surface area contributed by atoms with Crippen LogP contribution in [-0.4, -0.2) is 70.4 Å². The van der Waals surface area contributed by atoms with Crippen molar-refractivity contribution in [3.05, 3.63) is 48.0 Å². The van der Waals surface area contributed by atoms with E-state index in [1.165, 1.54) is 25.3 Å². The molecule has 2 aromatic heterocycles. The molecule has 0 aromatic carbocycles. The van der Waals surface area contributed by atoms with E-state index in [1.54, 1.807) is 10.6 Å². The molecule has 9 heteroatoms. The largest absolute Gasteiger partial charge is 0.489 e. The van der Waals surface area contributed by atoms with Gasteiger partial charge in [-0.1, -0.05) is 12.5 Å². The molecule has 1 saturated heterocycles. The van der Waals surface area contributed by atoms with Crippen molar-refractivity contribution < 1.29 is 9.84 Å². The molecule has 0 radical (unpaired) electrons. The third kappa shape index (κ3) is 4.95. The Morgan fingerprint density at radius 2 is 2.06 bits per heavy atom. The fourth-order valence-electron chi connectivity index (χ4n) is 3.81. The van der Waals surface area contributed by atoms with Crippen molar-refractivity contribution in [2.45, 2.75) is 19.3 Å². The van der Waals surface area contributed by atoms with E-state index in [2.05, 4.69) is 15.3 Å². The van der Waals surface area contributed by atoms with Crippen LogP contribution in [0.1, 0.15) is 19.3 Å². The van der Waals surface area contributed by atoms with E-state index in [0.29, 0.717) is 28.7 Å². The Hall–Kier alpha value is -3.17. The van der Waals surface area contributed by atoms with Gasteiger partial charge < -0.3 is 25.8 Å². The van der Waals surface area contributed by atoms with Gasteiger partial charge in [-0.15, -0.1) is 5.10 Å². The summed E-state index contributed by atoms with van der Waals surface area (Å²) >= 11 is 0. The molecule has 0 saturated carbocycles. The number of pyridine rings is 1. The average Bonchev–Trinajstić information content (AvgIpc) is 3.13. The molecule has 0 unspecified atom stereocenters. The Labute approximate surface area is 181 Å². The van der Waals surface area contributed by atoms with Gasteiger partial charge in [0.05, 0.1) is 29.2 Å². The van der Waals surface area contributed by atoms with Crippen molar-refractivity contribution in [1.82, 2.24) is 14.5 Å². The molecule has 31 heavy (non-hydrogen) atoms. The number of likely N-dealkylation sites (tertiary alicyclic amines) is 1. The SMILES string of the molecule is N=C1C=C(N)/C(=N/c2c(NCCN3CCCCC3)nn3ccccc23)C=C1OCCO. The number of nitrogens with two attached hydrogens (primary N) is 1. The fraction of sp³-hybridized carbons (Fsp3) is 0.409. The molecule has 4 rings (SSSR count). The molecule has 2 aliphatic rings. The van der Waals surface area contributed by atoms with Gasteiger partial charge in [0.2, 0.25) is 0 Å². The van der Waals surface area contributed by atoms with Crippen molar-refractivity contribution in [1.29, 1.82) is 5.41 Å². The zero-order valence-corrected chi connectivity index (χ0v) is 17.5. The summed E-state index contributed by atoms with van der Waals surface area (Å²) < 4.78 is 7.25. The minimum absolute atomic E-state index is 0.106. The molecule has 0 amide bonds. The van der Waals surface area contributed by atoms with E-state index in [-0.39, 0.29) is 18.9 Å². The average molecular weight is 424 g/mol. The topological polar surface area (TPSA) is 124 Å². The molecule has 1 aliphatic heterocycles. The fourth-order valence-corrected chi connectivity index (χ4v) is 3.81. The number of aliphatic hydroxyl groups is 1. The van der Waals surface area contributed by atoms with Crippen molar-refractivity contribution in [3.8, 4) is 0 Å². The lowest BCUT2D eigenvalue weighted by Gasteiger charge is -2.26. The smallest absolute Gasteiger partial charge is 0.175 e. The third-order valence-electron chi connectivity index (χ3n) is 5.39. The summed E-state index contributed by atoms with van der Waals surface area (Å²) in [5.74, 6) is 1.02. The van der Waals surface area contributed by atoms with Crippen molar-refractivity contribution in [3.63, 3.8) is 0 Å². The molecular weight excluding hydrogens is 394 g/mol. The lowest BCUT2D eigenvalue weighted by molar-refractivity contribution is 0.156. The lowest BCUT2D eigenvalue weighted by atomic mass is 10.1. The first-order valence-corrected chi connectivity index (χ1v) is 10.7. The number of aliphatic imine (C=N–C) groups is 1. The van der Waals surface area contributed by atoms with E-state index in [1.807, 2.05) is 24.4 Å². The molecule has 5 N–H and O–H groups in total. The van der Waals surface area contributed by atoms with Crippen LogP contribution in [0.4, 0.5) is 11.5 Å². The quantitative estimate of drug-likeness (QED) is 0.482. The van der Waals surface area contributed by atoms with Crippen molar-refractivity contribution in [2.24, 2.45) is 10.7 Å². The second-order valence-corrected chi connectivity index (χ2v) is 7.65. The molecule has 2 aromatic rings. The predicted molar refractivity (Wildman–Crippen MR) is 122 cm³/mol. The summed E-state index contributed by atoms with van der Waals surface area (Å²) in [4.78, 5) is 7.26. The molecule has 0 atom stereocenters. The summed E-state index contributed by atoms with van der Waals surface area (Å²) in [5.41, 5.74) is 8.75. The number of nitrogens with zero attached hydrogens (tertiary/aromatic N) is 4. The normalized spacial score (nSPS) is 18.9. The van der Waals surface area contributed by atoms with Gasteiger partial charge in [-0.05, 0) is 44.1 Å². The Morgan fingerprint density at radius 3 is 2.87 bits per heavy atom. The highest BCUT2D eigenvalue weighted by Crippen LogP contribution is 2.31. The second-order valence-electron chi connectivity index (χ2n) is 7.65. The Balaban J connectivity index is 1.61. The highest BCUT2D eigenvalue weighted by atomic mass is 16.5. The molecule has 9 nitrogen and oxygen atoms in total.